The molecule has 0 bridgehead atoms. The molecule has 0 aliphatic carbocycles. The van der Waals surface area contributed by atoms with E-state index in [4.69, 9.17) is 24.1 Å². The lowest BCUT2D eigenvalue weighted by Gasteiger charge is -2.26. The van der Waals surface area contributed by atoms with E-state index in [1.54, 1.807) is 55.4 Å². The molecule has 3 atom stereocenters. The van der Waals surface area contributed by atoms with Gasteiger partial charge in [0, 0.05) is 19.3 Å². The molecule has 0 radical (unpaired) electrons. The van der Waals surface area contributed by atoms with Crippen molar-refractivity contribution in [3.8, 4) is 22.3 Å². The highest BCUT2D eigenvalue weighted by Gasteiger charge is 2.40. The summed E-state index contributed by atoms with van der Waals surface area (Å²) in [6.07, 6.45) is -4.99. The van der Waals surface area contributed by atoms with Crippen LogP contribution in [-0.2, 0) is 55.8 Å². The molecule has 0 saturated carbocycles. The molecule has 0 fully saturated rings. The lowest BCUT2D eigenvalue weighted by molar-refractivity contribution is -0.192. The van der Waals surface area contributed by atoms with Crippen LogP contribution in [0.5, 0.6) is 0 Å². The maximum atomic E-state index is 13.1. The van der Waals surface area contributed by atoms with Crippen molar-refractivity contribution in [1.29, 1.82) is 0 Å². The molecule has 1 unspecified atom stereocenters. The van der Waals surface area contributed by atoms with E-state index in [9.17, 15) is 37.1 Å². The molecule has 0 spiro atoms. The molecule has 0 heterocycles. The lowest BCUT2D eigenvalue weighted by Crippen LogP contribution is -2.40. The van der Waals surface area contributed by atoms with Crippen molar-refractivity contribution in [2.45, 2.75) is 106 Å². The first kappa shape index (κ1) is 52.0. The molecule has 4 aromatic carbocycles. The van der Waals surface area contributed by atoms with Crippen molar-refractivity contribution in [2.24, 2.45) is 17.8 Å². The number of alkyl halides is 3. The van der Waals surface area contributed by atoms with Gasteiger partial charge in [0.1, 0.15) is 17.3 Å². The third kappa shape index (κ3) is 19.1. The Morgan fingerprint density at radius 1 is 0.548 bits per heavy atom. The highest BCUT2D eigenvalue weighted by atomic mass is 19.4. The highest BCUT2D eigenvalue weighted by molar-refractivity contribution is 6.03. The van der Waals surface area contributed by atoms with E-state index in [-0.39, 0.29) is 42.6 Å². The number of aliphatic carboxylic acids is 1. The Morgan fingerprint density at radius 3 is 1.29 bits per heavy atom. The molecule has 4 aromatic rings. The van der Waals surface area contributed by atoms with Crippen LogP contribution in [-0.4, -0.2) is 64.5 Å². The first-order valence-corrected chi connectivity index (χ1v) is 20.1. The second-order valence-electron chi connectivity index (χ2n) is 16.2. The van der Waals surface area contributed by atoms with Crippen LogP contribution < -0.4 is 0 Å². The quantitative estimate of drug-likeness (QED) is 0.0695. The molecular weight excluding hydrogens is 806 g/mol. The van der Waals surface area contributed by atoms with Crippen molar-refractivity contribution in [3.63, 3.8) is 0 Å². The minimum atomic E-state index is -5.08. The number of carbonyl (C=O) groups is 6. The number of carbonyl (C=O) groups excluding carboxylic acids is 5. The number of benzene rings is 4. The van der Waals surface area contributed by atoms with Gasteiger partial charge in [0.2, 0.25) is 0 Å². The molecule has 10 nitrogen and oxygen atoms in total. The standard InChI is InChI=1S/C26H32O5.C21H24O3.C2HF3O2/c1-17(2)30-24(28)18(3)23(25(29)31-26(4,5)6)22(27)16-19-12-14-21(15-13-19)20-10-8-7-9-11-20;1-15(2)24-21(23)16(3)13-20(22)14-17-9-11-19(12-10-17)18-7-5-4-6-8-18;3-2(4,5)1(6)7/h7-15,17-18,23H,16H2,1-6H3;4-12,15-16H,13-14H2,1-3H3;(H,6,7)/t18-,23?;16-;/m11./s1. The summed E-state index contributed by atoms with van der Waals surface area (Å²) in [6, 6.07) is 35.6. The number of Topliss-reactive ketones (excluding diaryl/α,β-unsaturated/α-hetero) is 2. The largest absolute Gasteiger partial charge is 0.490 e. The molecular formula is C49H57F3O10. The number of carboxylic acids is 1. The van der Waals surface area contributed by atoms with E-state index in [2.05, 4.69) is 12.1 Å². The monoisotopic (exact) mass is 862 g/mol. The molecule has 4 rings (SSSR count). The van der Waals surface area contributed by atoms with Crippen LogP contribution >= 0.6 is 0 Å². The summed E-state index contributed by atoms with van der Waals surface area (Å²) in [5.74, 6) is -7.22. The average molecular weight is 863 g/mol. The Morgan fingerprint density at radius 2 is 0.919 bits per heavy atom. The predicted molar refractivity (Wildman–Crippen MR) is 230 cm³/mol. The van der Waals surface area contributed by atoms with Gasteiger partial charge in [-0.3, -0.25) is 24.0 Å². The summed E-state index contributed by atoms with van der Waals surface area (Å²) in [5.41, 5.74) is 5.36. The minimum absolute atomic E-state index is 0.0261. The van der Waals surface area contributed by atoms with Gasteiger partial charge in [-0.25, -0.2) is 4.79 Å². The highest BCUT2D eigenvalue weighted by Crippen LogP contribution is 2.25. The maximum Gasteiger partial charge on any atom is 0.490 e. The van der Waals surface area contributed by atoms with Gasteiger partial charge in [-0.2, -0.15) is 13.2 Å². The smallest absolute Gasteiger partial charge is 0.475 e. The summed E-state index contributed by atoms with van der Waals surface area (Å²) >= 11 is 0. The van der Waals surface area contributed by atoms with Crippen LogP contribution in [0.25, 0.3) is 22.3 Å². The van der Waals surface area contributed by atoms with Gasteiger partial charge in [0.15, 0.2) is 5.78 Å². The normalized spacial score (nSPS) is 12.6. The van der Waals surface area contributed by atoms with Crippen LogP contribution in [0.3, 0.4) is 0 Å². The van der Waals surface area contributed by atoms with Gasteiger partial charge in [0.05, 0.1) is 24.0 Å². The first-order valence-electron chi connectivity index (χ1n) is 20.1. The SMILES string of the molecule is CC(C)OC(=O)[C@H](C)C(C(=O)Cc1ccc(-c2ccccc2)cc1)C(=O)OC(C)(C)C.CC(C)OC(=O)[C@H](C)CC(=O)Cc1ccc(-c2ccccc2)cc1.O=C(O)C(F)(F)F. The third-order valence-electron chi connectivity index (χ3n) is 8.66. The second kappa shape index (κ2) is 24.4. The van der Waals surface area contributed by atoms with E-state index >= 15 is 0 Å². The van der Waals surface area contributed by atoms with Crippen molar-refractivity contribution < 1.29 is 61.3 Å². The number of carboxylic acid groups (broad SMARTS) is 1. The van der Waals surface area contributed by atoms with Crippen LogP contribution in [0.1, 0.15) is 79.9 Å². The Labute approximate surface area is 361 Å². The van der Waals surface area contributed by atoms with Gasteiger partial charge in [-0.05, 0) is 81.8 Å². The second-order valence-corrected chi connectivity index (χ2v) is 16.2. The number of rotatable bonds is 15. The summed E-state index contributed by atoms with van der Waals surface area (Å²) in [7, 11) is 0. The predicted octanol–water partition coefficient (Wildman–Crippen LogP) is 10.1. The zero-order valence-corrected chi connectivity index (χ0v) is 36.7. The van der Waals surface area contributed by atoms with E-state index < -0.39 is 47.4 Å². The molecule has 334 valence electrons. The fourth-order valence-corrected chi connectivity index (χ4v) is 5.73. The summed E-state index contributed by atoms with van der Waals surface area (Å²) in [4.78, 5) is 71.2. The Balaban J connectivity index is 0.000000378. The number of ether oxygens (including phenoxy) is 3. The van der Waals surface area contributed by atoms with Crippen LogP contribution in [0.4, 0.5) is 13.2 Å². The van der Waals surface area contributed by atoms with Crippen molar-refractivity contribution >= 4 is 35.4 Å². The van der Waals surface area contributed by atoms with Gasteiger partial charge in [-0.15, -0.1) is 0 Å². The van der Waals surface area contributed by atoms with Crippen molar-refractivity contribution in [3.05, 3.63) is 120 Å². The number of hydrogen-bond acceptors (Lipinski definition) is 9. The zero-order chi connectivity index (χ0) is 46.8. The van der Waals surface area contributed by atoms with E-state index in [0.29, 0.717) is 6.42 Å². The molecule has 0 saturated heterocycles. The van der Waals surface area contributed by atoms with E-state index in [0.717, 1.165) is 33.4 Å². The third-order valence-corrected chi connectivity index (χ3v) is 8.66. The van der Waals surface area contributed by atoms with Gasteiger partial charge in [-0.1, -0.05) is 123 Å². The van der Waals surface area contributed by atoms with Crippen molar-refractivity contribution in [1.82, 2.24) is 0 Å². The topological polar surface area (TPSA) is 150 Å². The first-order chi connectivity index (χ1) is 28.9. The van der Waals surface area contributed by atoms with Gasteiger partial charge in [0.25, 0.3) is 0 Å². The van der Waals surface area contributed by atoms with Crippen LogP contribution in [0, 0.1) is 17.8 Å². The lowest BCUT2D eigenvalue weighted by atomic mass is 9.86. The number of halogens is 3. The van der Waals surface area contributed by atoms with Gasteiger partial charge >= 0.3 is 30.1 Å². The molecule has 0 aliphatic heterocycles. The number of hydrogen-bond donors (Lipinski definition) is 1. The van der Waals surface area contributed by atoms with Crippen LogP contribution in [0.15, 0.2) is 109 Å². The fraction of sp³-hybridized carbons (Fsp3) is 0.388. The van der Waals surface area contributed by atoms with Crippen molar-refractivity contribution in [2.75, 3.05) is 0 Å². The molecule has 1 N–H and O–H groups in total. The van der Waals surface area contributed by atoms with Gasteiger partial charge < -0.3 is 19.3 Å². The Kier molecular flexibility index (Phi) is 20.4. The van der Waals surface area contributed by atoms with Crippen LogP contribution in [0.2, 0.25) is 0 Å². The summed E-state index contributed by atoms with van der Waals surface area (Å²) < 4.78 is 47.6. The van der Waals surface area contributed by atoms with E-state index in [1.807, 2.05) is 97.1 Å². The fourth-order valence-electron chi connectivity index (χ4n) is 5.73. The maximum absolute atomic E-state index is 13.1. The number of ketones is 2. The molecule has 0 aromatic heterocycles. The minimum Gasteiger partial charge on any atom is -0.475 e. The summed E-state index contributed by atoms with van der Waals surface area (Å²) in [5, 5.41) is 7.12. The average Bonchev–Trinajstić information content (AvgIpc) is 3.18. The number of esters is 3. The Bertz CT molecular complexity index is 2050. The van der Waals surface area contributed by atoms with E-state index in [1.165, 1.54) is 6.92 Å². The molecule has 0 amide bonds. The Hall–Kier alpha value is -6.11. The molecule has 62 heavy (non-hydrogen) atoms. The summed E-state index contributed by atoms with van der Waals surface area (Å²) in [6.45, 7) is 15.5. The molecule has 13 heteroatoms. The zero-order valence-electron chi connectivity index (χ0n) is 36.7. The molecule has 0 aliphatic rings.